The Balaban J connectivity index is 2.18. The number of aryl methyl sites for hydroxylation is 1. The van der Waals surface area contributed by atoms with Crippen molar-refractivity contribution in [1.29, 1.82) is 0 Å². The zero-order valence-corrected chi connectivity index (χ0v) is 13.3. The fourth-order valence-electron chi connectivity index (χ4n) is 1.89. The van der Waals surface area contributed by atoms with Crippen LogP contribution in [0.2, 0.25) is 0 Å². The maximum absolute atomic E-state index is 11.7. The lowest BCUT2D eigenvalue weighted by molar-refractivity contribution is -0.119. The Morgan fingerprint density at radius 3 is 2.73 bits per heavy atom. The highest BCUT2D eigenvalue weighted by Crippen LogP contribution is 2.25. The van der Waals surface area contributed by atoms with E-state index in [1.807, 2.05) is 48.1 Å². The zero-order valence-electron chi connectivity index (χ0n) is 12.5. The van der Waals surface area contributed by atoms with Gasteiger partial charge in [0.25, 0.3) is 0 Å². The first-order valence-corrected chi connectivity index (χ1v) is 7.50. The molecular formula is C14H17N5O2S. The highest BCUT2D eigenvalue weighted by Gasteiger charge is 2.20. The van der Waals surface area contributed by atoms with Gasteiger partial charge in [-0.3, -0.25) is 10.1 Å². The molecule has 3 amide bonds. The molecular weight excluding hydrogens is 302 g/mol. The lowest BCUT2D eigenvalue weighted by atomic mass is 10.1. The summed E-state index contributed by atoms with van der Waals surface area (Å²) >= 11 is 1.21. The van der Waals surface area contributed by atoms with Crippen LogP contribution in [-0.4, -0.2) is 32.0 Å². The molecule has 0 bridgehead atoms. The Morgan fingerprint density at radius 2 is 2.09 bits per heavy atom. The van der Waals surface area contributed by atoms with E-state index in [-0.39, 0.29) is 0 Å². The second-order valence-corrected chi connectivity index (χ2v) is 6.16. The first kappa shape index (κ1) is 16.0. The number of carbonyl (C=O) groups is 2. The SMILES string of the molecule is Cc1cccc(-c2nnc(SC(C)C(=O)NC(N)=O)n2C)c1. The lowest BCUT2D eigenvalue weighted by Gasteiger charge is -2.09. The van der Waals surface area contributed by atoms with Crippen LogP contribution in [0.4, 0.5) is 4.79 Å². The fourth-order valence-corrected chi connectivity index (χ4v) is 2.70. The van der Waals surface area contributed by atoms with E-state index >= 15 is 0 Å². The Labute approximate surface area is 132 Å². The third-order valence-corrected chi connectivity index (χ3v) is 4.14. The van der Waals surface area contributed by atoms with Crippen LogP contribution in [0, 0.1) is 6.92 Å². The molecule has 1 atom stereocenters. The summed E-state index contributed by atoms with van der Waals surface area (Å²) < 4.78 is 1.81. The number of imide groups is 1. The summed E-state index contributed by atoms with van der Waals surface area (Å²) in [5.74, 6) is 0.256. The van der Waals surface area contributed by atoms with Crippen LogP contribution >= 0.6 is 11.8 Å². The molecule has 0 aliphatic rings. The summed E-state index contributed by atoms with van der Waals surface area (Å²) in [4.78, 5) is 22.4. The number of rotatable bonds is 4. The van der Waals surface area contributed by atoms with E-state index in [1.165, 1.54) is 11.8 Å². The molecule has 1 unspecified atom stereocenters. The van der Waals surface area contributed by atoms with Gasteiger partial charge in [-0.05, 0) is 19.9 Å². The van der Waals surface area contributed by atoms with Crippen LogP contribution in [-0.2, 0) is 11.8 Å². The molecule has 0 radical (unpaired) electrons. The maximum Gasteiger partial charge on any atom is 0.318 e. The summed E-state index contributed by atoms with van der Waals surface area (Å²) in [6, 6.07) is 7.06. The smallest absolute Gasteiger partial charge is 0.318 e. The highest BCUT2D eigenvalue weighted by atomic mass is 32.2. The van der Waals surface area contributed by atoms with E-state index < -0.39 is 17.2 Å². The number of aromatic nitrogens is 3. The molecule has 0 saturated carbocycles. The third-order valence-electron chi connectivity index (χ3n) is 3.01. The standard InChI is InChI=1S/C14H17N5O2S/c1-8-5-4-6-10(7-8)11-17-18-14(19(11)3)22-9(2)12(20)16-13(15)21/h4-7,9H,1-3H3,(H3,15,16,20,21). The number of nitrogens with one attached hydrogen (secondary N) is 1. The van der Waals surface area contributed by atoms with E-state index in [0.717, 1.165) is 11.1 Å². The monoisotopic (exact) mass is 319 g/mol. The average molecular weight is 319 g/mol. The van der Waals surface area contributed by atoms with Gasteiger partial charge in [0, 0.05) is 12.6 Å². The fraction of sp³-hybridized carbons (Fsp3) is 0.286. The normalized spacial score (nSPS) is 12.0. The molecule has 1 heterocycles. The molecule has 0 fully saturated rings. The maximum atomic E-state index is 11.7. The lowest BCUT2D eigenvalue weighted by Crippen LogP contribution is -2.39. The summed E-state index contributed by atoms with van der Waals surface area (Å²) in [5.41, 5.74) is 7.02. The molecule has 0 spiro atoms. The van der Waals surface area contributed by atoms with E-state index in [9.17, 15) is 9.59 Å². The number of nitrogens with two attached hydrogens (primary N) is 1. The number of carbonyl (C=O) groups excluding carboxylic acids is 2. The number of primary amides is 1. The molecule has 116 valence electrons. The van der Waals surface area contributed by atoms with E-state index in [2.05, 4.69) is 10.2 Å². The zero-order chi connectivity index (χ0) is 16.3. The van der Waals surface area contributed by atoms with Crippen molar-refractivity contribution >= 4 is 23.7 Å². The van der Waals surface area contributed by atoms with E-state index in [0.29, 0.717) is 11.0 Å². The third kappa shape index (κ3) is 3.64. The Hall–Kier alpha value is -2.35. The van der Waals surface area contributed by atoms with Gasteiger partial charge in [0.1, 0.15) is 0 Å². The average Bonchev–Trinajstić information content (AvgIpc) is 2.79. The van der Waals surface area contributed by atoms with Crippen molar-refractivity contribution in [2.24, 2.45) is 12.8 Å². The first-order valence-electron chi connectivity index (χ1n) is 6.62. The van der Waals surface area contributed by atoms with Gasteiger partial charge in [-0.1, -0.05) is 35.5 Å². The summed E-state index contributed by atoms with van der Waals surface area (Å²) in [6.07, 6.45) is 0. The highest BCUT2D eigenvalue weighted by molar-refractivity contribution is 8.00. The van der Waals surface area contributed by atoms with Crippen molar-refractivity contribution in [3.8, 4) is 11.4 Å². The molecule has 8 heteroatoms. The molecule has 1 aromatic carbocycles. The van der Waals surface area contributed by atoms with Crippen molar-refractivity contribution in [2.45, 2.75) is 24.3 Å². The van der Waals surface area contributed by atoms with Crippen molar-refractivity contribution in [3.05, 3.63) is 29.8 Å². The predicted molar refractivity (Wildman–Crippen MR) is 84.2 cm³/mol. The molecule has 22 heavy (non-hydrogen) atoms. The molecule has 0 saturated heterocycles. The molecule has 0 aliphatic carbocycles. The minimum atomic E-state index is -0.865. The van der Waals surface area contributed by atoms with Gasteiger partial charge in [-0.15, -0.1) is 10.2 Å². The van der Waals surface area contributed by atoms with Gasteiger partial charge in [0.05, 0.1) is 5.25 Å². The number of thioether (sulfide) groups is 1. The minimum Gasteiger partial charge on any atom is -0.351 e. The summed E-state index contributed by atoms with van der Waals surface area (Å²) in [6.45, 7) is 3.68. The van der Waals surface area contributed by atoms with Gasteiger partial charge in [0.15, 0.2) is 11.0 Å². The van der Waals surface area contributed by atoms with Crippen molar-refractivity contribution < 1.29 is 9.59 Å². The van der Waals surface area contributed by atoms with Gasteiger partial charge >= 0.3 is 6.03 Å². The van der Waals surface area contributed by atoms with Crippen LogP contribution in [0.3, 0.4) is 0 Å². The molecule has 1 aromatic heterocycles. The largest absolute Gasteiger partial charge is 0.351 e. The Morgan fingerprint density at radius 1 is 1.36 bits per heavy atom. The second kappa shape index (κ2) is 6.61. The molecule has 7 nitrogen and oxygen atoms in total. The molecule has 2 rings (SSSR count). The van der Waals surface area contributed by atoms with Crippen LogP contribution in [0.1, 0.15) is 12.5 Å². The minimum absolute atomic E-state index is 0.461. The number of hydrogen-bond acceptors (Lipinski definition) is 5. The van der Waals surface area contributed by atoms with E-state index in [1.54, 1.807) is 6.92 Å². The number of urea groups is 1. The summed E-state index contributed by atoms with van der Waals surface area (Å²) in [5, 5.41) is 10.4. The van der Waals surface area contributed by atoms with Crippen LogP contribution in [0.5, 0.6) is 0 Å². The van der Waals surface area contributed by atoms with E-state index in [4.69, 9.17) is 5.73 Å². The molecule has 0 aliphatic heterocycles. The van der Waals surface area contributed by atoms with Gasteiger partial charge in [-0.2, -0.15) is 0 Å². The number of nitrogens with zero attached hydrogens (tertiary/aromatic N) is 3. The number of amides is 3. The summed E-state index contributed by atoms with van der Waals surface area (Å²) in [7, 11) is 1.83. The van der Waals surface area contributed by atoms with Gasteiger partial charge in [-0.25, -0.2) is 4.79 Å². The Kier molecular flexibility index (Phi) is 4.81. The van der Waals surface area contributed by atoms with Crippen LogP contribution in [0.15, 0.2) is 29.4 Å². The number of benzene rings is 1. The molecule has 2 aromatic rings. The van der Waals surface area contributed by atoms with Crippen LogP contribution in [0.25, 0.3) is 11.4 Å². The number of hydrogen-bond donors (Lipinski definition) is 2. The van der Waals surface area contributed by atoms with Crippen molar-refractivity contribution in [2.75, 3.05) is 0 Å². The van der Waals surface area contributed by atoms with Gasteiger partial charge in [0.2, 0.25) is 5.91 Å². The van der Waals surface area contributed by atoms with Crippen molar-refractivity contribution in [3.63, 3.8) is 0 Å². The predicted octanol–water partition coefficient (Wildman–Crippen LogP) is 1.47. The quantitative estimate of drug-likeness (QED) is 0.831. The first-order chi connectivity index (χ1) is 10.4. The van der Waals surface area contributed by atoms with Crippen LogP contribution < -0.4 is 11.1 Å². The Bertz CT molecular complexity index is 713. The van der Waals surface area contributed by atoms with Crippen molar-refractivity contribution in [1.82, 2.24) is 20.1 Å². The van der Waals surface area contributed by atoms with Gasteiger partial charge < -0.3 is 10.3 Å². The molecule has 3 N–H and O–H groups in total. The second-order valence-electron chi connectivity index (χ2n) is 4.85. The topological polar surface area (TPSA) is 103 Å².